The van der Waals surface area contributed by atoms with Crippen LogP contribution in [0, 0.1) is 0 Å². The van der Waals surface area contributed by atoms with Gasteiger partial charge in [0.2, 0.25) is 0 Å². The largest absolute Gasteiger partial charge is 0.468 e. The number of esters is 1. The van der Waals surface area contributed by atoms with Crippen molar-refractivity contribution >= 4 is 17.7 Å². The van der Waals surface area contributed by atoms with Crippen LogP contribution in [0.15, 0.2) is 29.4 Å². The molecule has 2 rings (SSSR count). The van der Waals surface area contributed by atoms with Crippen LogP contribution in [0.2, 0.25) is 0 Å². The first-order valence-corrected chi connectivity index (χ1v) is 6.06. The Morgan fingerprint density at radius 2 is 2.50 bits per heavy atom. The molecule has 1 aliphatic heterocycles. The molecule has 2 heterocycles. The molecule has 5 heteroatoms. The summed E-state index contributed by atoms with van der Waals surface area (Å²) >= 11 is 1.70. The normalized spacial score (nSPS) is 24.3. The Morgan fingerprint density at radius 1 is 1.62 bits per heavy atom. The first kappa shape index (κ1) is 11.4. The second-order valence-electron chi connectivity index (χ2n) is 3.63. The highest BCUT2D eigenvalue weighted by Gasteiger charge is 2.30. The van der Waals surface area contributed by atoms with Crippen molar-refractivity contribution in [1.29, 1.82) is 0 Å². The molecule has 1 saturated heterocycles. The monoisotopic (exact) mass is 238 g/mol. The van der Waals surface area contributed by atoms with Crippen LogP contribution in [0.3, 0.4) is 0 Å². The van der Waals surface area contributed by atoms with Crippen LogP contribution in [-0.2, 0) is 9.53 Å². The van der Waals surface area contributed by atoms with Crippen LogP contribution in [0.1, 0.15) is 6.42 Å². The predicted molar refractivity (Wildman–Crippen MR) is 62.3 cm³/mol. The van der Waals surface area contributed by atoms with E-state index in [9.17, 15) is 4.79 Å². The fourth-order valence-electron chi connectivity index (χ4n) is 1.70. The minimum atomic E-state index is -0.177. The van der Waals surface area contributed by atoms with Crippen molar-refractivity contribution < 1.29 is 9.53 Å². The van der Waals surface area contributed by atoms with Crippen LogP contribution in [0.5, 0.6) is 0 Å². The molecule has 1 N–H and O–H groups in total. The summed E-state index contributed by atoms with van der Waals surface area (Å²) in [5, 5.41) is 4.54. The number of hydrogen-bond donors (Lipinski definition) is 1. The predicted octanol–water partition coefficient (Wildman–Crippen LogP) is 1.08. The molecule has 0 bridgehead atoms. The summed E-state index contributed by atoms with van der Waals surface area (Å²) < 4.78 is 4.71. The van der Waals surface area contributed by atoms with Crippen molar-refractivity contribution in [2.24, 2.45) is 0 Å². The van der Waals surface area contributed by atoms with E-state index in [-0.39, 0.29) is 12.0 Å². The van der Waals surface area contributed by atoms with Gasteiger partial charge in [0, 0.05) is 18.0 Å². The molecular weight excluding hydrogens is 224 g/mol. The van der Waals surface area contributed by atoms with Crippen molar-refractivity contribution in [3.05, 3.63) is 24.4 Å². The van der Waals surface area contributed by atoms with E-state index < -0.39 is 0 Å². The van der Waals surface area contributed by atoms with Gasteiger partial charge in [-0.3, -0.25) is 4.79 Å². The zero-order chi connectivity index (χ0) is 11.4. The van der Waals surface area contributed by atoms with E-state index >= 15 is 0 Å². The van der Waals surface area contributed by atoms with Crippen LogP contribution in [0.4, 0.5) is 0 Å². The van der Waals surface area contributed by atoms with Gasteiger partial charge in [0.05, 0.1) is 12.1 Å². The molecule has 0 amide bonds. The zero-order valence-electron chi connectivity index (χ0n) is 9.05. The van der Waals surface area contributed by atoms with Crippen molar-refractivity contribution in [3.8, 4) is 0 Å². The third-order valence-electron chi connectivity index (χ3n) is 2.50. The Balaban J connectivity index is 1.88. The Morgan fingerprint density at radius 3 is 3.19 bits per heavy atom. The Hall–Kier alpha value is -1.07. The van der Waals surface area contributed by atoms with E-state index in [1.54, 1.807) is 18.0 Å². The highest BCUT2D eigenvalue weighted by molar-refractivity contribution is 7.99. The molecule has 0 saturated carbocycles. The second kappa shape index (κ2) is 5.32. The van der Waals surface area contributed by atoms with E-state index in [4.69, 9.17) is 4.74 Å². The lowest BCUT2D eigenvalue weighted by atomic mass is 10.2. The van der Waals surface area contributed by atoms with Gasteiger partial charge in [0.15, 0.2) is 0 Å². The number of methoxy groups -OCH3 is 1. The van der Waals surface area contributed by atoms with Crippen LogP contribution in [0.25, 0.3) is 0 Å². The van der Waals surface area contributed by atoms with Gasteiger partial charge < -0.3 is 10.1 Å². The Bertz CT molecular complexity index is 358. The van der Waals surface area contributed by atoms with Crippen molar-refractivity contribution in [2.45, 2.75) is 22.7 Å². The third kappa shape index (κ3) is 2.74. The molecule has 0 radical (unpaired) electrons. The molecule has 1 aromatic rings. The average Bonchev–Trinajstić information content (AvgIpc) is 2.78. The van der Waals surface area contributed by atoms with Crippen molar-refractivity contribution in [3.63, 3.8) is 0 Å². The minimum absolute atomic E-state index is 0.161. The van der Waals surface area contributed by atoms with Gasteiger partial charge in [0.25, 0.3) is 0 Å². The maximum absolute atomic E-state index is 11.3. The summed E-state index contributed by atoms with van der Waals surface area (Å²) in [5.41, 5.74) is 0. The Labute approximate surface area is 98.8 Å². The van der Waals surface area contributed by atoms with Crippen molar-refractivity contribution in [2.75, 3.05) is 13.7 Å². The molecule has 0 spiro atoms. The second-order valence-corrected chi connectivity index (χ2v) is 4.95. The van der Waals surface area contributed by atoms with Crippen molar-refractivity contribution in [1.82, 2.24) is 10.3 Å². The lowest BCUT2D eigenvalue weighted by molar-refractivity contribution is -0.142. The summed E-state index contributed by atoms with van der Waals surface area (Å²) in [4.78, 5) is 15.6. The molecule has 1 fully saturated rings. The maximum atomic E-state index is 11.3. The smallest absolute Gasteiger partial charge is 0.322 e. The van der Waals surface area contributed by atoms with Gasteiger partial charge in [0.1, 0.15) is 6.04 Å². The summed E-state index contributed by atoms with van der Waals surface area (Å²) in [6.45, 7) is 0.820. The molecule has 1 aliphatic rings. The number of nitrogens with one attached hydrogen (secondary N) is 1. The molecule has 4 nitrogen and oxygen atoms in total. The highest BCUT2D eigenvalue weighted by atomic mass is 32.2. The number of carbonyl (C=O) groups excluding carboxylic acids is 1. The molecular formula is C11H14N2O2S. The van der Waals surface area contributed by atoms with Crippen LogP contribution < -0.4 is 5.32 Å². The van der Waals surface area contributed by atoms with E-state index in [2.05, 4.69) is 10.3 Å². The number of pyridine rings is 1. The van der Waals surface area contributed by atoms with E-state index in [0.29, 0.717) is 5.25 Å². The standard InChI is InChI=1S/C11H14N2O2S/c1-15-11(14)9-6-8(7-13-9)16-10-4-2-3-5-12-10/h2-5,8-9,13H,6-7H2,1H3/t8-,9-/m0/s1. The van der Waals surface area contributed by atoms with Gasteiger partial charge in [-0.25, -0.2) is 4.98 Å². The SMILES string of the molecule is COC(=O)[C@@H]1C[C@H](Sc2ccccn2)CN1. The number of ether oxygens (including phenoxy) is 1. The van der Waals surface area contributed by atoms with Gasteiger partial charge >= 0.3 is 5.97 Å². The molecule has 0 aromatic carbocycles. The average molecular weight is 238 g/mol. The number of rotatable bonds is 3. The number of hydrogen-bond acceptors (Lipinski definition) is 5. The highest BCUT2D eigenvalue weighted by Crippen LogP contribution is 2.27. The molecule has 86 valence electrons. The van der Waals surface area contributed by atoms with Crippen LogP contribution in [-0.4, -0.2) is 35.9 Å². The molecule has 16 heavy (non-hydrogen) atoms. The van der Waals surface area contributed by atoms with Gasteiger partial charge in [-0.15, -0.1) is 11.8 Å². The molecule has 0 aliphatic carbocycles. The lowest BCUT2D eigenvalue weighted by Gasteiger charge is -2.07. The quantitative estimate of drug-likeness (QED) is 0.798. The van der Waals surface area contributed by atoms with E-state index in [1.165, 1.54) is 7.11 Å². The molecule has 1 aromatic heterocycles. The summed E-state index contributed by atoms with van der Waals surface area (Å²) in [6, 6.07) is 5.69. The fourth-order valence-corrected chi connectivity index (χ4v) is 2.79. The van der Waals surface area contributed by atoms with Crippen LogP contribution >= 0.6 is 11.8 Å². The van der Waals surface area contributed by atoms with Gasteiger partial charge in [-0.1, -0.05) is 6.07 Å². The maximum Gasteiger partial charge on any atom is 0.322 e. The number of nitrogens with zero attached hydrogens (tertiary/aromatic N) is 1. The topological polar surface area (TPSA) is 51.2 Å². The first-order chi connectivity index (χ1) is 7.79. The summed E-state index contributed by atoms with van der Waals surface area (Å²) in [6.07, 6.45) is 2.58. The Kier molecular flexibility index (Phi) is 3.79. The van der Waals surface area contributed by atoms with Gasteiger partial charge in [-0.2, -0.15) is 0 Å². The number of thioether (sulfide) groups is 1. The summed E-state index contributed by atoms with van der Waals surface area (Å²) in [7, 11) is 1.42. The number of aromatic nitrogens is 1. The van der Waals surface area contributed by atoms with E-state index in [1.807, 2.05) is 18.2 Å². The lowest BCUT2D eigenvalue weighted by Crippen LogP contribution is -2.31. The molecule has 0 unspecified atom stereocenters. The minimum Gasteiger partial charge on any atom is -0.468 e. The zero-order valence-corrected chi connectivity index (χ0v) is 9.87. The first-order valence-electron chi connectivity index (χ1n) is 5.18. The third-order valence-corrected chi connectivity index (χ3v) is 3.68. The number of carbonyl (C=O) groups is 1. The van der Waals surface area contributed by atoms with Gasteiger partial charge in [-0.05, 0) is 18.6 Å². The fraction of sp³-hybridized carbons (Fsp3) is 0.455. The van der Waals surface area contributed by atoms with E-state index in [0.717, 1.165) is 18.0 Å². The molecule has 2 atom stereocenters. The summed E-state index contributed by atoms with van der Waals surface area (Å²) in [5.74, 6) is -0.177.